The predicted octanol–water partition coefficient (Wildman–Crippen LogP) is 2.33. The standard InChI is InChI=1S/C15H26N2O2/c1-11-4-7-14(19-11)15(12(2)16)17(3)8-9-18-10-13-5-6-13/h4,7,12-13,15H,5-6,8-10,16H2,1-3H3. The van der Waals surface area contributed by atoms with E-state index in [1.165, 1.54) is 12.8 Å². The fourth-order valence-corrected chi connectivity index (χ4v) is 2.37. The van der Waals surface area contributed by atoms with Gasteiger partial charge >= 0.3 is 0 Å². The highest BCUT2D eigenvalue weighted by Crippen LogP contribution is 2.29. The zero-order valence-corrected chi connectivity index (χ0v) is 12.3. The van der Waals surface area contributed by atoms with E-state index >= 15 is 0 Å². The molecule has 2 unspecified atom stereocenters. The number of nitrogens with two attached hydrogens (primary N) is 1. The molecule has 1 heterocycles. The van der Waals surface area contributed by atoms with E-state index in [0.29, 0.717) is 0 Å². The molecular formula is C15H26N2O2. The molecule has 0 amide bonds. The van der Waals surface area contributed by atoms with E-state index in [1.54, 1.807) is 0 Å². The van der Waals surface area contributed by atoms with Gasteiger partial charge in [-0.15, -0.1) is 0 Å². The molecule has 1 saturated carbocycles. The van der Waals surface area contributed by atoms with Crippen molar-refractivity contribution in [2.45, 2.75) is 38.8 Å². The van der Waals surface area contributed by atoms with Crippen LogP contribution in [0.15, 0.2) is 16.5 Å². The number of likely N-dealkylation sites (N-methyl/N-ethyl adjacent to an activating group) is 1. The summed E-state index contributed by atoms with van der Waals surface area (Å²) >= 11 is 0. The van der Waals surface area contributed by atoms with Gasteiger partial charge < -0.3 is 14.9 Å². The van der Waals surface area contributed by atoms with Gasteiger partial charge in [0.1, 0.15) is 11.5 Å². The van der Waals surface area contributed by atoms with Crippen LogP contribution in [0.4, 0.5) is 0 Å². The molecule has 4 nitrogen and oxygen atoms in total. The van der Waals surface area contributed by atoms with Crippen LogP contribution in [0, 0.1) is 12.8 Å². The maximum atomic E-state index is 6.10. The first-order valence-corrected chi connectivity index (χ1v) is 7.18. The molecule has 0 aromatic carbocycles. The zero-order valence-electron chi connectivity index (χ0n) is 12.3. The Morgan fingerprint density at radius 2 is 2.21 bits per heavy atom. The molecule has 1 aromatic heterocycles. The highest BCUT2D eigenvalue weighted by atomic mass is 16.5. The number of hydrogen-bond acceptors (Lipinski definition) is 4. The quantitative estimate of drug-likeness (QED) is 0.734. The molecule has 2 rings (SSSR count). The monoisotopic (exact) mass is 266 g/mol. The predicted molar refractivity (Wildman–Crippen MR) is 76.0 cm³/mol. The van der Waals surface area contributed by atoms with E-state index in [1.807, 2.05) is 26.0 Å². The lowest BCUT2D eigenvalue weighted by Gasteiger charge is -2.29. The molecule has 0 bridgehead atoms. The highest BCUT2D eigenvalue weighted by Gasteiger charge is 2.25. The van der Waals surface area contributed by atoms with Gasteiger partial charge in [0.25, 0.3) is 0 Å². The second-order valence-corrected chi connectivity index (χ2v) is 5.75. The number of hydrogen-bond donors (Lipinski definition) is 1. The largest absolute Gasteiger partial charge is 0.465 e. The van der Waals surface area contributed by atoms with E-state index in [2.05, 4.69) is 11.9 Å². The van der Waals surface area contributed by atoms with Crippen molar-refractivity contribution in [2.75, 3.05) is 26.8 Å². The molecule has 0 spiro atoms. The Labute approximate surface area is 115 Å². The smallest absolute Gasteiger partial charge is 0.122 e. The molecule has 0 saturated heterocycles. The Bertz CT molecular complexity index is 385. The normalized spacial score (nSPS) is 18.8. The van der Waals surface area contributed by atoms with Crippen molar-refractivity contribution in [3.05, 3.63) is 23.7 Å². The highest BCUT2D eigenvalue weighted by molar-refractivity contribution is 5.11. The first kappa shape index (κ1) is 14.6. The van der Waals surface area contributed by atoms with E-state index in [4.69, 9.17) is 14.9 Å². The Morgan fingerprint density at radius 1 is 1.47 bits per heavy atom. The molecule has 0 aliphatic heterocycles. The van der Waals surface area contributed by atoms with Crippen molar-refractivity contribution >= 4 is 0 Å². The van der Waals surface area contributed by atoms with Crippen LogP contribution in [0.5, 0.6) is 0 Å². The third kappa shape index (κ3) is 4.34. The number of ether oxygens (including phenoxy) is 1. The maximum Gasteiger partial charge on any atom is 0.122 e. The van der Waals surface area contributed by atoms with E-state index in [-0.39, 0.29) is 12.1 Å². The lowest BCUT2D eigenvalue weighted by Crippen LogP contribution is -2.38. The number of furan rings is 1. The minimum atomic E-state index is 0.0268. The van der Waals surface area contributed by atoms with Gasteiger partial charge in [0.15, 0.2) is 0 Å². The maximum absolute atomic E-state index is 6.10. The third-order valence-electron chi connectivity index (χ3n) is 3.66. The minimum absolute atomic E-state index is 0.0268. The average Bonchev–Trinajstić information content (AvgIpc) is 3.07. The summed E-state index contributed by atoms with van der Waals surface area (Å²) in [5.74, 6) is 2.69. The molecule has 1 aliphatic carbocycles. The fourth-order valence-electron chi connectivity index (χ4n) is 2.37. The lowest BCUT2D eigenvalue weighted by atomic mass is 10.1. The zero-order chi connectivity index (χ0) is 13.8. The summed E-state index contributed by atoms with van der Waals surface area (Å²) in [6, 6.07) is 4.14. The Kier molecular flexibility index (Phi) is 5.02. The molecule has 4 heteroatoms. The van der Waals surface area contributed by atoms with Crippen LogP contribution in [0.1, 0.15) is 37.3 Å². The van der Waals surface area contributed by atoms with Crippen molar-refractivity contribution in [1.29, 1.82) is 0 Å². The van der Waals surface area contributed by atoms with Crippen molar-refractivity contribution in [3.63, 3.8) is 0 Å². The molecule has 19 heavy (non-hydrogen) atoms. The summed E-state index contributed by atoms with van der Waals surface area (Å²) in [6.07, 6.45) is 2.67. The lowest BCUT2D eigenvalue weighted by molar-refractivity contribution is 0.0829. The average molecular weight is 266 g/mol. The van der Waals surface area contributed by atoms with Crippen LogP contribution >= 0.6 is 0 Å². The van der Waals surface area contributed by atoms with Crippen LogP contribution in [0.2, 0.25) is 0 Å². The van der Waals surface area contributed by atoms with E-state index in [0.717, 1.165) is 37.2 Å². The minimum Gasteiger partial charge on any atom is -0.465 e. The van der Waals surface area contributed by atoms with Gasteiger partial charge in [-0.2, -0.15) is 0 Å². The van der Waals surface area contributed by atoms with Crippen LogP contribution < -0.4 is 5.73 Å². The molecule has 2 N–H and O–H groups in total. The van der Waals surface area contributed by atoms with Crippen molar-refractivity contribution in [2.24, 2.45) is 11.7 Å². The van der Waals surface area contributed by atoms with Crippen molar-refractivity contribution in [3.8, 4) is 0 Å². The first-order valence-electron chi connectivity index (χ1n) is 7.18. The molecule has 108 valence electrons. The van der Waals surface area contributed by atoms with E-state index < -0.39 is 0 Å². The fraction of sp³-hybridized carbons (Fsp3) is 0.733. The molecule has 1 aliphatic rings. The van der Waals surface area contributed by atoms with Gasteiger partial charge in [-0.05, 0) is 51.8 Å². The summed E-state index contributed by atoms with van der Waals surface area (Å²) in [7, 11) is 2.08. The first-order chi connectivity index (χ1) is 9.08. The van der Waals surface area contributed by atoms with Gasteiger partial charge in [-0.1, -0.05) is 0 Å². The molecule has 2 atom stereocenters. The van der Waals surface area contributed by atoms with Gasteiger partial charge in [0, 0.05) is 19.2 Å². The second-order valence-electron chi connectivity index (χ2n) is 5.75. The third-order valence-corrected chi connectivity index (χ3v) is 3.66. The number of rotatable bonds is 8. The number of nitrogens with zero attached hydrogens (tertiary/aromatic N) is 1. The van der Waals surface area contributed by atoms with Crippen molar-refractivity contribution in [1.82, 2.24) is 4.90 Å². The molecule has 1 fully saturated rings. The summed E-state index contributed by atoms with van der Waals surface area (Å²) in [6.45, 7) is 6.52. The Morgan fingerprint density at radius 3 is 2.74 bits per heavy atom. The summed E-state index contributed by atoms with van der Waals surface area (Å²) in [5, 5.41) is 0. The number of aryl methyl sites for hydroxylation is 1. The summed E-state index contributed by atoms with van der Waals surface area (Å²) < 4.78 is 11.4. The molecule has 0 radical (unpaired) electrons. The van der Waals surface area contributed by atoms with Crippen LogP contribution in [-0.2, 0) is 4.74 Å². The molecule has 1 aromatic rings. The van der Waals surface area contributed by atoms with Crippen molar-refractivity contribution < 1.29 is 9.15 Å². The summed E-state index contributed by atoms with van der Waals surface area (Å²) in [5.41, 5.74) is 6.10. The Balaban J connectivity index is 1.83. The second kappa shape index (κ2) is 6.55. The van der Waals surface area contributed by atoms with E-state index in [9.17, 15) is 0 Å². The van der Waals surface area contributed by atoms with Gasteiger partial charge in [0.2, 0.25) is 0 Å². The molecular weight excluding hydrogens is 240 g/mol. The topological polar surface area (TPSA) is 51.6 Å². The summed E-state index contributed by atoms with van der Waals surface area (Å²) in [4.78, 5) is 2.22. The SMILES string of the molecule is Cc1ccc(C(C(C)N)N(C)CCOCC2CC2)o1. The van der Waals surface area contributed by atoms with Gasteiger partial charge in [0.05, 0.1) is 12.6 Å². The van der Waals surface area contributed by atoms with Crippen LogP contribution in [-0.4, -0.2) is 37.7 Å². The van der Waals surface area contributed by atoms with Crippen LogP contribution in [0.3, 0.4) is 0 Å². The van der Waals surface area contributed by atoms with Gasteiger partial charge in [-0.25, -0.2) is 0 Å². The van der Waals surface area contributed by atoms with Gasteiger partial charge in [-0.3, -0.25) is 4.90 Å². The van der Waals surface area contributed by atoms with Crippen LogP contribution in [0.25, 0.3) is 0 Å². The Hall–Kier alpha value is -0.840.